The maximum atomic E-state index is 12.7. The molecule has 0 heterocycles. The molecule has 128 valence electrons. The van der Waals surface area contributed by atoms with Crippen LogP contribution in [0.25, 0.3) is 0 Å². The Balaban J connectivity index is 2.16. The minimum absolute atomic E-state index is 0.0223. The van der Waals surface area contributed by atoms with Gasteiger partial charge in [0.1, 0.15) is 11.5 Å². The number of carbonyl (C=O) groups is 1. The van der Waals surface area contributed by atoms with E-state index in [1.54, 1.807) is 14.2 Å². The molecule has 0 aliphatic heterocycles. The Kier molecular flexibility index (Phi) is 6.24. The van der Waals surface area contributed by atoms with Crippen molar-refractivity contribution in [3.63, 3.8) is 0 Å². The van der Waals surface area contributed by atoms with Crippen molar-refractivity contribution in [1.29, 1.82) is 0 Å². The van der Waals surface area contributed by atoms with E-state index in [0.29, 0.717) is 5.75 Å². The molecule has 2 rings (SSSR count). The summed E-state index contributed by atoms with van der Waals surface area (Å²) in [6.45, 7) is 3.98. The molecule has 0 aliphatic rings. The van der Waals surface area contributed by atoms with E-state index in [1.165, 1.54) is 0 Å². The third kappa shape index (κ3) is 4.07. The van der Waals surface area contributed by atoms with Crippen LogP contribution in [0.5, 0.6) is 11.5 Å². The minimum Gasteiger partial charge on any atom is -0.497 e. The fourth-order valence-corrected chi connectivity index (χ4v) is 2.83. The van der Waals surface area contributed by atoms with Gasteiger partial charge in [0.15, 0.2) is 0 Å². The van der Waals surface area contributed by atoms with E-state index < -0.39 is 0 Å². The highest BCUT2D eigenvalue weighted by molar-refractivity contribution is 5.84. The smallest absolute Gasteiger partial charge is 0.228 e. The molecule has 0 saturated carbocycles. The molecule has 2 atom stereocenters. The summed E-state index contributed by atoms with van der Waals surface area (Å²) in [4.78, 5) is 12.7. The van der Waals surface area contributed by atoms with Crippen LogP contribution in [0.3, 0.4) is 0 Å². The zero-order chi connectivity index (χ0) is 17.5. The van der Waals surface area contributed by atoms with Gasteiger partial charge >= 0.3 is 0 Å². The van der Waals surface area contributed by atoms with Crippen LogP contribution < -0.4 is 14.8 Å². The lowest BCUT2D eigenvalue weighted by molar-refractivity contribution is -0.123. The van der Waals surface area contributed by atoms with Gasteiger partial charge in [-0.25, -0.2) is 0 Å². The van der Waals surface area contributed by atoms with Crippen molar-refractivity contribution < 1.29 is 14.3 Å². The molecule has 1 amide bonds. The first-order valence-corrected chi connectivity index (χ1v) is 8.17. The summed E-state index contributed by atoms with van der Waals surface area (Å²) < 4.78 is 10.6. The molecule has 0 radical (unpaired) electrons. The number of methoxy groups -OCH3 is 2. The molecular weight excluding hydrogens is 302 g/mol. The highest BCUT2D eigenvalue weighted by Gasteiger charge is 2.22. The Labute approximate surface area is 143 Å². The van der Waals surface area contributed by atoms with E-state index >= 15 is 0 Å². The molecule has 0 aromatic heterocycles. The van der Waals surface area contributed by atoms with Crippen molar-refractivity contribution in [3.05, 3.63) is 59.7 Å². The molecule has 2 aromatic rings. The second kappa shape index (κ2) is 8.39. The van der Waals surface area contributed by atoms with E-state index in [2.05, 4.69) is 5.32 Å². The lowest BCUT2D eigenvalue weighted by Gasteiger charge is -2.21. The molecule has 0 saturated heterocycles. The van der Waals surface area contributed by atoms with Gasteiger partial charge < -0.3 is 14.8 Å². The second-order valence-corrected chi connectivity index (χ2v) is 5.71. The Morgan fingerprint density at radius 2 is 1.79 bits per heavy atom. The number of rotatable bonds is 7. The quantitative estimate of drug-likeness (QED) is 0.834. The number of benzene rings is 2. The van der Waals surface area contributed by atoms with Crippen LogP contribution in [-0.4, -0.2) is 20.1 Å². The fraction of sp³-hybridized carbons (Fsp3) is 0.350. The summed E-state index contributed by atoms with van der Waals surface area (Å²) in [5, 5.41) is 3.10. The van der Waals surface area contributed by atoms with Gasteiger partial charge in [-0.05, 0) is 31.0 Å². The standard InChI is InChI=1S/C20H25NO3/c1-5-17(15-9-7-6-8-10-15)20(22)21-14(2)18-12-11-16(23-3)13-19(18)24-4/h6-14,17H,5H2,1-4H3,(H,21,22). The topological polar surface area (TPSA) is 47.6 Å². The van der Waals surface area contributed by atoms with E-state index in [-0.39, 0.29) is 17.9 Å². The summed E-state index contributed by atoms with van der Waals surface area (Å²) >= 11 is 0. The largest absolute Gasteiger partial charge is 0.497 e. The van der Waals surface area contributed by atoms with E-state index in [1.807, 2.05) is 62.4 Å². The molecule has 24 heavy (non-hydrogen) atoms. The van der Waals surface area contributed by atoms with Crippen LogP contribution in [0.1, 0.15) is 43.4 Å². The average molecular weight is 327 g/mol. The molecule has 4 heteroatoms. The van der Waals surface area contributed by atoms with Gasteiger partial charge in [-0.3, -0.25) is 4.79 Å². The predicted octanol–water partition coefficient (Wildman–Crippen LogP) is 4.07. The van der Waals surface area contributed by atoms with Crippen LogP contribution in [-0.2, 0) is 4.79 Å². The van der Waals surface area contributed by atoms with Gasteiger partial charge in [-0.2, -0.15) is 0 Å². The van der Waals surface area contributed by atoms with Crippen LogP contribution >= 0.6 is 0 Å². The third-order valence-electron chi connectivity index (χ3n) is 4.19. The summed E-state index contributed by atoms with van der Waals surface area (Å²) in [7, 11) is 3.23. The van der Waals surface area contributed by atoms with Crippen molar-refractivity contribution >= 4 is 5.91 Å². The van der Waals surface area contributed by atoms with Gasteiger partial charge in [0.25, 0.3) is 0 Å². The fourth-order valence-electron chi connectivity index (χ4n) is 2.83. The molecule has 1 N–H and O–H groups in total. The first-order chi connectivity index (χ1) is 11.6. The number of hydrogen-bond donors (Lipinski definition) is 1. The SMILES string of the molecule is CCC(C(=O)NC(C)c1ccc(OC)cc1OC)c1ccccc1. The zero-order valence-electron chi connectivity index (χ0n) is 14.7. The number of hydrogen-bond acceptors (Lipinski definition) is 3. The Morgan fingerprint density at radius 1 is 1.08 bits per heavy atom. The Morgan fingerprint density at radius 3 is 2.38 bits per heavy atom. The highest BCUT2D eigenvalue weighted by Crippen LogP contribution is 2.30. The maximum Gasteiger partial charge on any atom is 0.228 e. The Hall–Kier alpha value is -2.49. The maximum absolute atomic E-state index is 12.7. The highest BCUT2D eigenvalue weighted by atomic mass is 16.5. The molecule has 2 aromatic carbocycles. The van der Waals surface area contributed by atoms with Crippen molar-refractivity contribution in [2.75, 3.05) is 14.2 Å². The van der Waals surface area contributed by atoms with Crippen LogP contribution in [0.2, 0.25) is 0 Å². The second-order valence-electron chi connectivity index (χ2n) is 5.71. The normalized spacial score (nSPS) is 13.0. The predicted molar refractivity (Wildman–Crippen MR) is 95.6 cm³/mol. The van der Waals surface area contributed by atoms with Crippen LogP contribution in [0, 0.1) is 0 Å². The average Bonchev–Trinajstić information content (AvgIpc) is 2.62. The molecule has 0 fully saturated rings. The zero-order valence-corrected chi connectivity index (χ0v) is 14.7. The molecule has 4 nitrogen and oxygen atoms in total. The van der Waals surface area contributed by atoms with Crippen LogP contribution in [0.15, 0.2) is 48.5 Å². The monoisotopic (exact) mass is 327 g/mol. The first-order valence-electron chi connectivity index (χ1n) is 8.17. The summed E-state index contributed by atoms with van der Waals surface area (Å²) in [5.41, 5.74) is 1.96. The van der Waals surface area contributed by atoms with Gasteiger partial charge in [0.05, 0.1) is 26.2 Å². The van der Waals surface area contributed by atoms with Crippen molar-refractivity contribution in [2.45, 2.75) is 32.2 Å². The van der Waals surface area contributed by atoms with Gasteiger partial charge in [-0.15, -0.1) is 0 Å². The van der Waals surface area contributed by atoms with E-state index in [9.17, 15) is 4.79 Å². The van der Waals surface area contributed by atoms with Crippen molar-refractivity contribution in [3.8, 4) is 11.5 Å². The molecule has 0 spiro atoms. The summed E-state index contributed by atoms with van der Waals surface area (Å²) in [6.07, 6.45) is 0.752. The molecule has 2 unspecified atom stereocenters. The number of ether oxygens (including phenoxy) is 2. The lowest BCUT2D eigenvalue weighted by atomic mass is 9.95. The van der Waals surface area contributed by atoms with Gasteiger partial charge in [0.2, 0.25) is 5.91 Å². The lowest BCUT2D eigenvalue weighted by Crippen LogP contribution is -2.31. The van der Waals surface area contributed by atoms with Crippen LogP contribution in [0.4, 0.5) is 0 Å². The van der Waals surface area contributed by atoms with Gasteiger partial charge in [0, 0.05) is 11.6 Å². The van der Waals surface area contributed by atoms with Gasteiger partial charge in [-0.1, -0.05) is 37.3 Å². The van der Waals surface area contributed by atoms with E-state index in [4.69, 9.17) is 9.47 Å². The number of carbonyl (C=O) groups excluding carboxylic acids is 1. The molecule has 0 bridgehead atoms. The summed E-state index contributed by atoms with van der Waals surface area (Å²) in [6, 6.07) is 15.3. The number of amides is 1. The molecular formula is C20H25NO3. The summed E-state index contributed by atoms with van der Waals surface area (Å²) in [5.74, 6) is 1.30. The van der Waals surface area contributed by atoms with Crippen molar-refractivity contribution in [1.82, 2.24) is 5.32 Å². The number of nitrogens with one attached hydrogen (secondary N) is 1. The van der Waals surface area contributed by atoms with Crippen molar-refractivity contribution in [2.24, 2.45) is 0 Å². The third-order valence-corrected chi connectivity index (χ3v) is 4.19. The Bertz CT molecular complexity index is 670. The minimum atomic E-state index is -0.156. The molecule has 0 aliphatic carbocycles. The van der Waals surface area contributed by atoms with E-state index in [0.717, 1.165) is 23.3 Å². The first kappa shape index (κ1) is 17.9.